The molecule has 5 N–H and O–H groups in total. The van der Waals surface area contributed by atoms with Crippen LogP contribution in [-0.2, 0) is 10.0 Å². The Kier molecular flexibility index (Phi) is 7.47. The van der Waals surface area contributed by atoms with E-state index in [-0.39, 0.29) is 35.5 Å². The predicted molar refractivity (Wildman–Crippen MR) is 91.9 cm³/mol. The third-order valence-electron chi connectivity index (χ3n) is 4.23. The largest absolute Gasteiger partial charge is 0.366 e. The van der Waals surface area contributed by atoms with Crippen molar-refractivity contribution in [3.8, 4) is 0 Å². The van der Waals surface area contributed by atoms with Gasteiger partial charge in [-0.25, -0.2) is 13.1 Å². The van der Waals surface area contributed by atoms with Crippen molar-refractivity contribution < 1.29 is 13.2 Å². The molecule has 23 heavy (non-hydrogen) atoms. The summed E-state index contributed by atoms with van der Waals surface area (Å²) in [6.07, 6.45) is 5.46. The summed E-state index contributed by atoms with van der Waals surface area (Å²) in [7, 11) is -3.65. The van der Waals surface area contributed by atoms with Gasteiger partial charge in [-0.2, -0.15) is 0 Å². The van der Waals surface area contributed by atoms with Crippen molar-refractivity contribution >= 4 is 28.3 Å². The minimum Gasteiger partial charge on any atom is -0.366 e. The van der Waals surface area contributed by atoms with Gasteiger partial charge < -0.3 is 11.5 Å². The monoisotopic (exact) mass is 361 g/mol. The van der Waals surface area contributed by atoms with Crippen LogP contribution in [0.2, 0.25) is 0 Å². The lowest BCUT2D eigenvalue weighted by Gasteiger charge is -2.29. The molecular weight excluding hydrogens is 338 g/mol. The second kappa shape index (κ2) is 8.63. The van der Waals surface area contributed by atoms with E-state index >= 15 is 0 Å². The first-order valence-electron chi connectivity index (χ1n) is 7.56. The number of amides is 1. The molecule has 1 aliphatic carbocycles. The van der Waals surface area contributed by atoms with Crippen molar-refractivity contribution in [2.75, 3.05) is 6.54 Å². The van der Waals surface area contributed by atoms with Crippen molar-refractivity contribution in [1.82, 2.24) is 4.72 Å². The molecule has 0 saturated heterocycles. The number of hydrogen-bond acceptors (Lipinski definition) is 4. The molecule has 0 aliphatic heterocycles. The lowest BCUT2D eigenvalue weighted by atomic mass is 9.84. The highest BCUT2D eigenvalue weighted by Gasteiger charge is 2.27. The van der Waals surface area contributed by atoms with Gasteiger partial charge in [-0.1, -0.05) is 19.3 Å². The summed E-state index contributed by atoms with van der Waals surface area (Å²) >= 11 is 0. The van der Waals surface area contributed by atoms with Crippen LogP contribution in [0.15, 0.2) is 29.2 Å². The average Bonchev–Trinajstić information content (AvgIpc) is 2.53. The van der Waals surface area contributed by atoms with Crippen LogP contribution < -0.4 is 16.2 Å². The van der Waals surface area contributed by atoms with E-state index in [0.717, 1.165) is 25.7 Å². The van der Waals surface area contributed by atoms with Crippen molar-refractivity contribution in [2.24, 2.45) is 17.4 Å². The second-order valence-electron chi connectivity index (χ2n) is 5.75. The fourth-order valence-corrected chi connectivity index (χ4v) is 4.26. The highest BCUT2D eigenvalue weighted by molar-refractivity contribution is 7.89. The maximum atomic E-state index is 12.4. The Labute approximate surface area is 143 Å². The van der Waals surface area contributed by atoms with Crippen LogP contribution in [-0.4, -0.2) is 26.9 Å². The molecule has 1 fully saturated rings. The summed E-state index contributed by atoms with van der Waals surface area (Å²) < 4.78 is 27.6. The molecule has 1 aliphatic rings. The molecule has 0 aromatic heterocycles. The number of carbonyl (C=O) groups is 1. The van der Waals surface area contributed by atoms with Gasteiger partial charge in [0.05, 0.1) is 4.90 Å². The molecule has 1 amide bonds. The quantitative estimate of drug-likeness (QED) is 0.710. The number of nitrogens with one attached hydrogen (secondary N) is 1. The van der Waals surface area contributed by atoms with Gasteiger partial charge in [-0.15, -0.1) is 12.4 Å². The smallest absolute Gasteiger partial charge is 0.248 e. The summed E-state index contributed by atoms with van der Waals surface area (Å²) in [6.45, 7) is 0.281. The standard InChI is InChI=1S/C15H23N3O3S.ClH/c16-10-14(11-4-2-1-3-5-11)18-22(20,21)13-8-6-12(7-9-13)15(17)19;/h6-9,11,14,18H,1-5,10,16H2,(H2,17,19);1H. The molecule has 1 aromatic carbocycles. The third kappa shape index (κ3) is 5.17. The number of nitrogens with two attached hydrogens (primary N) is 2. The number of carbonyl (C=O) groups excluding carboxylic acids is 1. The van der Waals surface area contributed by atoms with Crippen LogP contribution in [0.25, 0.3) is 0 Å². The molecule has 8 heteroatoms. The first kappa shape index (κ1) is 19.9. The van der Waals surface area contributed by atoms with E-state index in [4.69, 9.17) is 11.5 Å². The first-order chi connectivity index (χ1) is 10.4. The van der Waals surface area contributed by atoms with Gasteiger partial charge in [0.25, 0.3) is 0 Å². The molecule has 1 aromatic rings. The van der Waals surface area contributed by atoms with Gasteiger partial charge in [0.15, 0.2) is 0 Å². The Morgan fingerprint density at radius 1 is 1.17 bits per heavy atom. The number of benzene rings is 1. The molecule has 0 spiro atoms. The average molecular weight is 362 g/mol. The maximum absolute atomic E-state index is 12.4. The minimum absolute atomic E-state index is 0. The van der Waals surface area contributed by atoms with E-state index in [1.807, 2.05) is 0 Å². The van der Waals surface area contributed by atoms with Crippen LogP contribution in [0.4, 0.5) is 0 Å². The normalized spacial score (nSPS) is 17.3. The highest BCUT2D eigenvalue weighted by atomic mass is 35.5. The maximum Gasteiger partial charge on any atom is 0.248 e. The van der Waals surface area contributed by atoms with E-state index in [0.29, 0.717) is 5.92 Å². The molecule has 0 radical (unpaired) electrons. The zero-order valence-electron chi connectivity index (χ0n) is 12.9. The summed E-state index contributed by atoms with van der Waals surface area (Å²) in [5.41, 5.74) is 11.2. The van der Waals surface area contributed by atoms with Crippen LogP contribution >= 0.6 is 12.4 Å². The van der Waals surface area contributed by atoms with E-state index in [2.05, 4.69) is 4.72 Å². The highest BCUT2D eigenvalue weighted by Crippen LogP contribution is 2.27. The fourth-order valence-electron chi connectivity index (χ4n) is 2.94. The molecule has 1 unspecified atom stereocenters. The SMILES string of the molecule is Cl.NCC(NS(=O)(=O)c1ccc(C(N)=O)cc1)C1CCCCC1. The van der Waals surface area contributed by atoms with Crippen molar-refractivity contribution in [3.05, 3.63) is 29.8 Å². The summed E-state index contributed by atoms with van der Waals surface area (Å²) in [6, 6.07) is 5.35. The predicted octanol–water partition coefficient (Wildman–Crippen LogP) is 1.39. The molecular formula is C15H24ClN3O3S. The van der Waals surface area contributed by atoms with E-state index < -0.39 is 15.9 Å². The fraction of sp³-hybridized carbons (Fsp3) is 0.533. The molecule has 1 atom stereocenters. The Bertz CT molecular complexity index is 613. The van der Waals surface area contributed by atoms with Crippen molar-refractivity contribution in [1.29, 1.82) is 0 Å². The number of halogens is 1. The summed E-state index contributed by atoms with van der Waals surface area (Å²) in [4.78, 5) is 11.2. The van der Waals surface area contributed by atoms with E-state index in [1.54, 1.807) is 0 Å². The lowest BCUT2D eigenvalue weighted by molar-refractivity contribution is 0.1000. The van der Waals surface area contributed by atoms with Crippen molar-refractivity contribution in [3.63, 3.8) is 0 Å². The zero-order valence-corrected chi connectivity index (χ0v) is 14.5. The van der Waals surface area contributed by atoms with Crippen molar-refractivity contribution in [2.45, 2.75) is 43.0 Å². The molecule has 0 bridgehead atoms. The number of sulfonamides is 1. The Balaban J connectivity index is 0.00000264. The van der Waals surface area contributed by atoms with Gasteiger partial charge in [0.1, 0.15) is 0 Å². The Morgan fingerprint density at radius 2 is 1.74 bits per heavy atom. The summed E-state index contributed by atoms with van der Waals surface area (Å²) in [5, 5.41) is 0. The molecule has 2 rings (SSSR count). The summed E-state index contributed by atoms with van der Waals surface area (Å²) in [5.74, 6) is -0.294. The number of hydrogen-bond donors (Lipinski definition) is 3. The van der Waals surface area contributed by atoms with Crippen LogP contribution in [0.1, 0.15) is 42.5 Å². The van der Waals surface area contributed by atoms with Gasteiger partial charge >= 0.3 is 0 Å². The lowest BCUT2D eigenvalue weighted by Crippen LogP contribution is -2.45. The zero-order chi connectivity index (χ0) is 16.2. The van der Waals surface area contributed by atoms with Gasteiger partial charge in [0, 0.05) is 18.2 Å². The second-order valence-corrected chi connectivity index (χ2v) is 7.46. The molecule has 130 valence electrons. The molecule has 1 saturated carbocycles. The van der Waals surface area contributed by atoms with E-state index in [9.17, 15) is 13.2 Å². The van der Waals surface area contributed by atoms with Gasteiger partial charge in [0.2, 0.25) is 15.9 Å². The molecule has 6 nitrogen and oxygen atoms in total. The van der Waals surface area contributed by atoms with Gasteiger partial charge in [-0.3, -0.25) is 4.79 Å². The number of rotatable bonds is 6. The van der Waals surface area contributed by atoms with Gasteiger partial charge in [-0.05, 0) is 43.0 Å². The topological polar surface area (TPSA) is 115 Å². The van der Waals surface area contributed by atoms with Crippen LogP contribution in [0.3, 0.4) is 0 Å². The Morgan fingerprint density at radius 3 is 2.22 bits per heavy atom. The van der Waals surface area contributed by atoms with E-state index in [1.165, 1.54) is 30.7 Å². The first-order valence-corrected chi connectivity index (χ1v) is 9.04. The minimum atomic E-state index is -3.65. The van der Waals surface area contributed by atoms with Crippen LogP contribution in [0, 0.1) is 5.92 Å². The third-order valence-corrected chi connectivity index (χ3v) is 5.73. The van der Waals surface area contributed by atoms with Crippen LogP contribution in [0.5, 0.6) is 0 Å². The molecule has 0 heterocycles. The Hall–Kier alpha value is -1.15. The number of primary amides is 1.